The zero-order chi connectivity index (χ0) is 9.19. The molecule has 1 atom stereocenters. The first-order valence-electron chi connectivity index (χ1n) is 4.69. The first-order valence-corrected chi connectivity index (χ1v) is 4.69. The van der Waals surface area contributed by atoms with E-state index >= 15 is 0 Å². The van der Waals surface area contributed by atoms with Gasteiger partial charge in [0.05, 0.1) is 11.5 Å². The molecule has 0 aromatic carbocycles. The molecule has 1 saturated heterocycles. The van der Waals surface area contributed by atoms with Crippen LogP contribution in [0.2, 0.25) is 0 Å². The smallest absolute Gasteiger partial charge is 0.0700 e. The lowest BCUT2D eigenvalue weighted by atomic mass is 9.80. The Hall–Kier alpha value is -0.550. The van der Waals surface area contributed by atoms with Crippen molar-refractivity contribution >= 4 is 0 Å². The van der Waals surface area contributed by atoms with Crippen LogP contribution in [0.5, 0.6) is 0 Å². The van der Waals surface area contributed by atoms with Gasteiger partial charge in [0.2, 0.25) is 0 Å². The molecule has 0 N–H and O–H groups in total. The van der Waals surface area contributed by atoms with Crippen LogP contribution in [0.1, 0.15) is 33.1 Å². The van der Waals surface area contributed by atoms with E-state index in [9.17, 15) is 0 Å². The van der Waals surface area contributed by atoms with Crippen molar-refractivity contribution in [1.82, 2.24) is 4.90 Å². The van der Waals surface area contributed by atoms with Crippen molar-refractivity contribution in [1.29, 1.82) is 5.26 Å². The fourth-order valence-electron chi connectivity index (χ4n) is 2.06. The topological polar surface area (TPSA) is 27.0 Å². The second-order valence-corrected chi connectivity index (χ2v) is 4.33. The normalized spacial score (nSPS) is 26.7. The van der Waals surface area contributed by atoms with Gasteiger partial charge in [-0.25, -0.2) is 0 Å². The maximum atomic E-state index is 8.99. The number of rotatable bonds is 1. The molecule has 1 fully saturated rings. The van der Waals surface area contributed by atoms with Crippen LogP contribution >= 0.6 is 0 Å². The van der Waals surface area contributed by atoms with Crippen LogP contribution < -0.4 is 0 Å². The fourth-order valence-corrected chi connectivity index (χ4v) is 2.06. The van der Waals surface area contributed by atoms with Crippen molar-refractivity contribution in [2.24, 2.45) is 5.41 Å². The largest absolute Gasteiger partial charge is 0.302 e. The molecule has 12 heavy (non-hydrogen) atoms. The molecular weight excluding hydrogens is 148 g/mol. The van der Waals surface area contributed by atoms with Gasteiger partial charge in [-0.15, -0.1) is 0 Å². The summed E-state index contributed by atoms with van der Waals surface area (Å²) in [6, 6.07) is 2.85. The lowest BCUT2D eigenvalue weighted by Gasteiger charge is -2.39. The third-order valence-electron chi connectivity index (χ3n) is 2.89. The summed E-state index contributed by atoms with van der Waals surface area (Å²) in [7, 11) is 2.13. The van der Waals surface area contributed by atoms with Gasteiger partial charge in [-0.05, 0) is 40.3 Å². The van der Waals surface area contributed by atoms with Crippen molar-refractivity contribution in [3.63, 3.8) is 0 Å². The summed E-state index contributed by atoms with van der Waals surface area (Å²) in [5.41, 5.74) is -0.185. The lowest BCUT2D eigenvalue weighted by molar-refractivity contribution is 0.110. The van der Waals surface area contributed by atoms with Crippen molar-refractivity contribution < 1.29 is 0 Å². The highest BCUT2D eigenvalue weighted by molar-refractivity contribution is 5.01. The summed E-state index contributed by atoms with van der Waals surface area (Å²) in [6.07, 6.45) is 3.74. The molecule has 1 aliphatic rings. The SMILES string of the molecule is CN1CCCCC1C(C)(C)C#N. The number of nitriles is 1. The average molecular weight is 166 g/mol. The van der Waals surface area contributed by atoms with Crippen LogP contribution in [-0.4, -0.2) is 24.5 Å². The minimum absolute atomic E-state index is 0.185. The highest BCUT2D eigenvalue weighted by atomic mass is 15.1. The minimum Gasteiger partial charge on any atom is -0.302 e. The molecule has 2 heteroatoms. The molecular formula is C10H18N2. The Balaban J connectivity index is 2.67. The third-order valence-corrected chi connectivity index (χ3v) is 2.89. The Morgan fingerprint density at radius 2 is 2.08 bits per heavy atom. The van der Waals surface area contributed by atoms with Gasteiger partial charge in [-0.1, -0.05) is 6.42 Å². The van der Waals surface area contributed by atoms with Gasteiger partial charge >= 0.3 is 0 Å². The summed E-state index contributed by atoms with van der Waals surface area (Å²) in [4.78, 5) is 2.33. The first-order chi connectivity index (χ1) is 5.58. The molecule has 0 amide bonds. The second kappa shape index (κ2) is 3.45. The quantitative estimate of drug-likeness (QED) is 0.596. The van der Waals surface area contributed by atoms with Crippen LogP contribution in [0.15, 0.2) is 0 Å². The molecule has 68 valence electrons. The van der Waals surface area contributed by atoms with E-state index in [2.05, 4.69) is 18.0 Å². The monoisotopic (exact) mass is 166 g/mol. The predicted molar refractivity (Wildman–Crippen MR) is 49.7 cm³/mol. The molecule has 0 aromatic rings. The number of piperidine rings is 1. The molecule has 1 heterocycles. The minimum atomic E-state index is -0.185. The Morgan fingerprint density at radius 3 is 2.58 bits per heavy atom. The maximum Gasteiger partial charge on any atom is 0.0700 e. The molecule has 1 aliphatic heterocycles. The van der Waals surface area contributed by atoms with Gasteiger partial charge in [0, 0.05) is 6.04 Å². The van der Waals surface area contributed by atoms with Crippen LogP contribution in [0, 0.1) is 16.7 Å². The van der Waals surface area contributed by atoms with E-state index in [1.165, 1.54) is 19.3 Å². The molecule has 0 saturated carbocycles. The Bertz CT molecular complexity index is 191. The summed E-state index contributed by atoms with van der Waals surface area (Å²) in [5.74, 6) is 0. The van der Waals surface area contributed by atoms with E-state index in [0.29, 0.717) is 6.04 Å². The van der Waals surface area contributed by atoms with Gasteiger partial charge < -0.3 is 4.90 Å². The zero-order valence-electron chi connectivity index (χ0n) is 8.30. The summed E-state index contributed by atoms with van der Waals surface area (Å²) in [5, 5.41) is 8.99. The molecule has 0 aliphatic carbocycles. The van der Waals surface area contributed by atoms with Gasteiger partial charge in [0.25, 0.3) is 0 Å². The predicted octanol–water partition coefficient (Wildman–Crippen LogP) is 2.02. The summed E-state index contributed by atoms with van der Waals surface area (Å²) in [6.45, 7) is 5.23. The fraction of sp³-hybridized carbons (Fsp3) is 0.900. The van der Waals surface area contributed by atoms with Crippen molar-refractivity contribution in [3.8, 4) is 6.07 Å². The van der Waals surface area contributed by atoms with Crippen molar-refractivity contribution in [3.05, 3.63) is 0 Å². The van der Waals surface area contributed by atoms with Gasteiger partial charge in [0.15, 0.2) is 0 Å². The van der Waals surface area contributed by atoms with E-state index in [0.717, 1.165) is 6.54 Å². The Labute approximate surface area is 75.2 Å². The van der Waals surface area contributed by atoms with E-state index < -0.39 is 0 Å². The Kier molecular flexibility index (Phi) is 2.74. The molecule has 1 unspecified atom stereocenters. The van der Waals surface area contributed by atoms with Crippen LogP contribution in [-0.2, 0) is 0 Å². The van der Waals surface area contributed by atoms with E-state index in [4.69, 9.17) is 5.26 Å². The standard InChI is InChI=1S/C10H18N2/c1-10(2,8-11)9-6-4-5-7-12(9)3/h9H,4-7H2,1-3H3. The molecule has 0 radical (unpaired) electrons. The van der Waals surface area contributed by atoms with Gasteiger partial charge in [-0.3, -0.25) is 0 Å². The van der Waals surface area contributed by atoms with Crippen LogP contribution in [0.3, 0.4) is 0 Å². The molecule has 0 spiro atoms. The molecule has 1 rings (SSSR count). The van der Waals surface area contributed by atoms with E-state index in [1.807, 2.05) is 13.8 Å². The van der Waals surface area contributed by atoms with Crippen molar-refractivity contribution in [2.45, 2.75) is 39.2 Å². The van der Waals surface area contributed by atoms with E-state index in [1.54, 1.807) is 0 Å². The third kappa shape index (κ3) is 1.78. The molecule has 2 nitrogen and oxygen atoms in total. The van der Waals surface area contributed by atoms with Gasteiger partial charge in [0.1, 0.15) is 0 Å². The highest BCUT2D eigenvalue weighted by Gasteiger charge is 2.33. The average Bonchev–Trinajstić information content (AvgIpc) is 2.05. The second-order valence-electron chi connectivity index (χ2n) is 4.33. The number of hydrogen-bond donors (Lipinski definition) is 0. The first kappa shape index (κ1) is 9.54. The molecule has 0 aromatic heterocycles. The van der Waals surface area contributed by atoms with Gasteiger partial charge in [-0.2, -0.15) is 5.26 Å². The Morgan fingerprint density at radius 1 is 1.42 bits per heavy atom. The number of nitrogens with zero attached hydrogens (tertiary/aromatic N) is 2. The number of hydrogen-bond acceptors (Lipinski definition) is 2. The zero-order valence-corrected chi connectivity index (χ0v) is 8.30. The van der Waals surface area contributed by atoms with Crippen LogP contribution in [0.25, 0.3) is 0 Å². The summed E-state index contributed by atoms with van der Waals surface area (Å²) < 4.78 is 0. The highest BCUT2D eigenvalue weighted by Crippen LogP contribution is 2.30. The maximum absolute atomic E-state index is 8.99. The lowest BCUT2D eigenvalue weighted by Crippen LogP contribution is -2.45. The number of likely N-dealkylation sites (tertiary alicyclic amines) is 1. The summed E-state index contributed by atoms with van der Waals surface area (Å²) >= 11 is 0. The van der Waals surface area contributed by atoms with E-state index in [-0.39, 0.29) is 5.41 Å². The van der Waals surface area contributed by atoms with Crippen LogP contribution in [0.4, 0.5) is 0 Å². The molecule has 0 bridgehead atoms. The van der Waals surface area contributed by atoms with Crippen molar-refractivity contribution in [2.75, 3.05) is 13.6 Å².